The first kappa shape index (κ1) is 47.1. The molecule has 0 aliphatic rings. The molecule has 0 aromatic rings. The Morgan fingerprint density at radius 2 is 0.820 bits per heavy atom. The summed E-state index contributed by atoms with van der Waals surface area (Å²) >= 11 is 0. The Labute approximate surface area is 307 Å². The zero-order valence-corrected chi connectivity index (χ0v) is 32.1. The Bertz CT molecular complexity index is 968. The summed E-state index contributed by atoms with van der Waals surface area (Å²) in [6.07, 6.45) is 55.0. The van der Waals surface area contributed by atoms with E-state index in [1.54, 1.807) is 0 Å². The molecular formula is C45H74O5. The lowest BCUT2D eigenvalue weighted by atomic mass is 10.1. The van der Waals surface area contributed by atoms with Gasteiger partial charge in [0.05, 0.1) is 6.61 Å². The van der Waals surface area contributed by atoms with Gasteiger partial charge < -0.3 is 14.6 Å². The monoisotopic (exact) mass is 695 g/mol. The Balaban J connectivity index is 3.71. The Morgan fingerprint density at radius 1 is 0.460 bits per heavy atom. The second-order valence-corrected chi connectivity index (χ2v) is 13.0. The summed E-state index contributed by atoms with van der Waals surface area (Å²) in [6.45, 7) is 4.01. The van der Waals surface area contributed by atoms with E-state index in [1.165, 1.54) is 70.6 Å². The zero-order valence-electron chi connectivity index (χ0n) is 32.1. The van der Waals surface area contributed by atoms with Crippen molar-refractivity contribution in [3.63, 3.8) is 0 Å². The van der Waals surface area contributed by atoms with E-state index < -0.39 is 6.10 Å². The zero-order chi connectivity index (χ0) is 36.4. The van der Waals surface area contributed by atoms with Gasteiger partial charge in [0, 0.05) is 12.8 Å². The lowest BCUT2D eigenvalue weighted by molar-refractivity contribution is -0.161. The van der Waals surface area contributed by atoms with Crippen LogP contribution in [0.5, 0.6) is 0 Å². The Hall–Kier alpha value is -2.92. The van der Waals surface area contributed by atoms with E-state index in [9.17, 15) is 14.7 Å². The third-order valence-corrected chi connectivity index (χ3v) is 8.16. The van der Waals surface area contributed by atoms with Crippen LogP contribution in [0.3, 0.4) is 0 Å². The normalized spacial score (nSPS) is 13.1. The number of hydrogen-bond acceptors (Lipinski definition) is 5. The largest absolute Gasteiger partial charge is 0.462 e. The van der Waals surface area contributed by atoms with Crippen molar-refractivity contribution < 1.29 is 24.2 Å². The van der Waals surface area contributed by atoms with E-state index in [2.05, 4.69) is 98.9 Å². The lowest BCUT2D eigenvalue weighted by Crippen LogP contribution is -2.28. The molecular weight excluding hydrogens is 620 g/mol. The number of unbranched alkanes of at least 4 members (excludes halogenated alkanes) is 13. The minimum absolute atomic E-state index is 0.104. The van der Waals surface area contributed by atoms with Gasteiger partial charge in [-0.2, -0.15) is 0 Å². The van der Waals surface area contributed by atoms with Crippen LogP contribution in [0.1, 0.15) is 168 Å². The lowest BCUT2D eigenvalue weighted by Gasteiger charge is -2.15. The van der Waals surface area contributed by atoms with Gasteiger partial charge in [-0.15, -0.1) is 0 Å². The molecule has 0 rings (SSSR count). The first-order valence-corrected chi connectivity index (χ1v) is 20.1. The Morgan fingerprint density at radius 3 is 1.26 bits per heavy atom. The molecule has 0 bridgehead atoms. The molecule has 284 valence electrons. The van der Waals surface area contributed by atoms with Gasteiger partial charge >= 0.3 is 11.9 Å². The molecule has 0 spiro atoms. The van der Waals surface area contributed by atoms with Crippen molar-refractivity contribution in [2.24, 2.45) is 0 Å². The number of carbonyl (C=O) groups is 2. The highest BCUT2D eigenvalue weighted by molar-refractivity contribution is 5.70. The molecule has 0 saturated carbocycles. The van der Waals surface area contributed by atoms with Crippen molar-refractivity contribution in [1.82, 2.24) is 0 Å². The van der Waals surface area contributed by atoms with Gasteiger partial charge in [0.1, 0.15) is 6.61 Å². The quantitative estimate of drug-likeness (QED) is 0.0406. The van der Waals surface area contributed by atoms with Crippen molar-refractivity contribution >= 4 is 11.9 Å². The molecule has 50 heavy (non-hydrogen) atoms. The van der Waals surface area contributed by atoms with E-state index in [-0.39, 0.29) is 25.2 Å². The first-order valence-electron chi connectivity index (χ1n) is 20.1. The smallest absolute Gasteiger partial charge is 0.306 e. The SMILES string of the molecule is CCCCC/C=C\C/C=C\C/C=C\C/C=C\CCCC(=O)OC[C@H](CO)OC(=O)CCCCCCCC/C=C\C/C=C\C/C=C\CCCCC. The highest BCUT2D eigenvalue weighted by Gasteiger charge is 2.16. The van der Waals surface area contributed by atoms with Crippen molar-refractivity contribution in [3.05, 3.63) is 85.1 Å². The number of aliphatic hydroxyl groups excluding tert-OH is 1. The van der Waals surface area contributed by atoms with Crippen LogP contribution in [0.25, 0.3) is 0 Å². The summed E-state index contributed by atoms with van der Waals surface area (Å²) in [6, 6.07) is 0. The van der Waals surface area contributed by atoms with E-state index in [1.807, 2.05) is 0 Å². The summed E-state index contributed by atoms with van der Waals surface area (Å²) in [4.78, 5) is 24.2. The standard InChI is InChI=1S/C45H74O5/c1-3-5-7-9-11-13-15-17-19-21-22-24-26-28-30-32-34-36-38-40-45(48)50-43(41-46)42-49-44(47)39-37-35-33-31-29-27-25-23-20-18-16-14-12-10-8-6-4-2/h11-14,17-20,22,24-25,27,31,33,43,46H,3-10,15-16,21,23,26,28-30,32,34-42H2,1-2H3/b13-11-,14-12-,19-17-,20-18-,24-22-,27-25-,33-31-/t43-/m0/s1. The molecule has 1 N–H and O–H groups in total. The maximum absolute atomic E-state index is 12.2. The average molecular weight is 695 g/mol. The molecule has 0 aromatic carbocycles. The fourth-order valence-electron chi connectivity index (χ4n) is 5.08. The third kappa shape index (κ3) is 37.9. The number of rotatable bonds is 35. The molecule has 0 aliphatic heterocycles. The molecule has 5 heteroatoms. The van der Waals surface area contributed by atoms with Crippen LogP contribution in [0.4, 0.5) is 0 Å². The van der Waals surface area contributed by atoms with Crippen LogP contribution in [0.15, 0.2) is 85.1 Å². The molecule has 0 saturated heterocycles. The van der Waals surface area contributed by atoms with Gasteiger partial charge in [0.2, 0.25) is 0 Å². The summed E-state index contributed by atoms with van der Waals surface area (Å²) < 4.78 is 10.6. The summed E-state index contributed by atoms with van der Waals surface area (Å²) in [5, 5.41) is 9.55. The average Bonchev–Trinajstić information content (AvgIpc) is 3.12. The third-order valence-electron chi connectivity index (χ3n) is 8.16. The van der Waals surface area contributed by atoms with E-state index >= 15 is 0 Å². The minimum atomic E-state index is -0.805. The number of esters is 2. The summed E-state index contributed by atoms with van der Waals surface area (Å²) in [7, 11) is 0. The molecule has 1 atom stereocenters. The predicted molar refractivity (Wildman–Crippen MR) is 214 cm³/mol. The second kappa shape index (κ2) is 40.5. The molecule has 0 aliphatic carbocycles. The van der Waals surface area contributed by atoms with Gasteiger partial charge in [-0.05, 0) is 89.9 Å². The molecule has 0 unspecified atom stereocenters. The van der Waals surface area contributed by atoms with Crippen molar-refractivity contribution in [2.45, 2.75) is 174 Å². The number of carbonyl (C=O) groups excluding carboxylic acids is 2. The highest BCUT2D eigenvalue weighted by atomic mass is 16.6. The van der Waals surface area contributed by atoms with Gasteiger partial charge in [-0.1, -0.05) is 150 Å². The summed E-state index contributed by atoms with van der Waals surface area (Å²) in [5.74, 6) is -0.679. The van der Waals surface area contributed by atoms with Crippen LogP contribution < -0.4 is 0 Å². The van der Waals surface area contributed by atoms with Crippen molar-refractivity contribution in [3.8, 4) is 0 Å². The van der Waals surface area contributed by atoms with Crippen molar-refractivity contribution in [1.29, 1.82) is 0 Å². The maximum Gasteiger partial charge on any atom is 0.306 e. The van der Waals surface area contributed by atoms with Gasteiger partial charge in [0.15, 0.2) is 6.10 Å². The van der Waals surface area contributed by atoms with E-state index in [0.717, 1.165) is 64.2 Å². The first-order chi connectivity index (χ1) is 24.6. The van der Waals surface area contributed by atoms with Gasteiger partial charge in [-0.25, -0.2) is 0 Å². The van der Waals surface area contributed by atoms with Crippen LogP contribution in [-0.2, 0) is 19.1 Å². The van der Waals surface area contributed by atoms with Crippen LogP contribution in [0, 0.1) is 0 Å². The molecule has 5 nitrogen and oxygen atoms in total. The van der Waals surface area contributed by atoms with E-state index in [4.69, 9.17) is 9.47 Å². The topological polar surface area (TPSA) is 72.8 Å². The van der Waals surface area contributed by atoms with E-state index in [0.29, 0.717) is 19.3 Å². The number of ether oxygens (including phenoxy) is 2. The Kier molecular flexibility index (Phi) is 38.1. The number of hydrogen-bond donors (Lipinski definition) is 1. The fraction of sp³-hybridized carbons (Fsp3) is 0.644. The fourth-order valence-corrected chi connectivity index (χ4v) is 5.08. The predicted octanol–water partition coefficient (Wildman–Crippen LogP) is 12.7. The molecule has 0 radical (unpaired) electrons. The van der Waals surface area contributed by atoms with Crippen molar-refractivity contribution in [2.75, 3.05) is 13.2 Å². The number of allylic oxidation sites excluding steroid dienone is 14. The number of aliphatic hydroxyl groups is 1. The molecule has 0 amide bonds. The maximum atomic E-state index is 12.2. The minimum Gasteiger partial charge on any atom is -0.462 e. The molecule has 0 heterocycles. The summed E-state index contributed by atoms with van der Waals surface area (Å²) in [5.41, 5.74) is 0. The van der Waals surface area contributed by atoms with Crippen LogP contribution in [-0.4, -0.2) is 36.4 Å². The highest BCUT2D eigenvalue weighted by Crippen LogP contribution is 2.11. The van der Waals surface area contributed by atoms with Gasteiger partial charge in [-0.3, -0.25) is 9.59 Å². The van der Waals surface area contributed by atoms with Crippen LogP contribution >= 0.6 is 0 Å². The van der Waals surface area contributed by atoms with Crippen LogP contribution in [0.2, 0.25) is 0 Å². The second-order valence-electron chi connectivity index (χ2n) is 13.0. The van der Waals surface area contributed by atoms with Gasteiger partial charge in [0.25, 0.3) is 0 Å². The molecule has 0 fully saturated rings. The molecule has 0 aromatic heterocycles.